The molecule has 0 heterocycles. The van der Waals surface area contributed by atoms with Crippen molar-refractivity contribution in [2.24, 2.45) is 4.40 Å². The number of methoxy groups -OCH3 is 1. The first kappa shape index (κ1) is 11.9. The van der Waals surface area contributed by atoms with E-state index in [1.54, 1.807) is 13.3 Å². The second-order valence-corrected chi connectivity index (χ2v) is 5.04. The standard InChI is InChI=1S/C11H15NO2S/c1-9(2)15(13)12-8-10-5-4-6-11(7-10)14-3/h4-9H,1-3H3/b12-8+/t15-/m1/s1. The van der Waals surface area contributed by atoms with E-state index in [0.717, 1.165) is 11.3 Å². The minimum absolute atomic E-state index is 0.0480. The Labute approximate surface area is 92.8 Å². The highest BCUT2D eigenvalue weighted by Gasteiger charge is 2.00. The summed E-state index contributed by atoms with van der Waals surface area (Å²) in [7, 11) is 0.461. The van der Waals surface area contributed by atoms with Crippen molar-refractivity contribution < 1.29 is 8.95 Å². The van der Waals surface area contributed by atoms with E-state index in [9.17, 15) is 4.21 Å². The highest BCUT2D eigenvalue weighted by molar-refractivity contribution is 7.84. The predicted octanol–water partition coefficient (Wildman–Crippen LogP) is 2.19. The molecule has 0 aliphatic carbocycles. The third-order valence-electron chi connectivity index (χ3n) is 1.80. The lowest BCUT2D eigenvalue weighted by molar-refractivity contribution is 0.415. The molecule has 0 radical (unpaired) electrons. The molecule has 0 unspecified atom stereocenters. The average Bonchev–Trinajstić information content (AvgIpc) is 2.26. The largest absolute Gasteiger partial charge is 0.497 e. The van der Waals surface area contributed by atoms with Crippen molar-refractivity contribution in [3.05, 3.63) is 29.8 Å². The molecular weight excluding hydrogens is 210 g/mol. The maximum absolute atomic E-state index is 11.4. The lowest BCUT2D eigenvalue weighted by Crippen LogP contribution is -2.02. The van der Waals surface area contributed by atoms with Crippen molar-refractivity contribution in [2.75, 3.05) is 7.11 Å². The first-order valence-corrected chi connectivity index (χ1v) is 5.89. The smallest absolute Gasteiger partial charge is 0.141 e. The normalized spacial score (nSPS) is 13.3. The number of benzene rings is 1. The van der Waals surface area contributed by atoms with Crippen LogP contribution in [0.5, 0.6) is 5.75 Å². The van der Waals surface area contributed by atoms with Gasteiger partial charge in [-0.15, -0.1) is 0 Å². The van der Waals surface area contributed by atoms with E-state index in [2.05, 4.69) is 4.40 Å². The summed E-state index contributed by atoms with van der Waals surface area (Å²) in [5.41, 5.74) is 0.892. The van der Waals surface area contributed by atoms with Crippen LogP contribution in [0.4, 0.5) is 0 Å². The average molecular weight is 225 g/mol. The molecule has 0 saturated carbocycles. The van der Waals surface area contributed by atoms with Crippen molar-refractivity contribution in [2.45, 2.75) is 19.1 Å². The summed E-state index contributed by atoms with van der Waals surface area (Å²) in [4.78, 5) is 0. The number of rotatable bonds is 4. The van der Waals surface area contributed by atoms with Crippen LogP contribution in [0.3, 0.4) is 0 Å². The van der Waals surface area contributed by atoms with Gasteiger partial charge in [-0.1, -0.05) is 12.1 Å². The molecule has 0 fully saturated rings. The molecule has 15 heavy (non-hydrogen) atoms. The van der Waals surface area contributed by atoms with Crippen LogP contribution in [-0.2, 0) is 11.0 Å². The van der Waals surface area contributed by atoms with Crippen LogP contribution in [0.1, 0.15) is 19.4 Å². The maximum Gasteiger partial charge on any atom is 0.141 e. The Morgan fingerprint density at radius 2 is 2.20 bits per heavy atom. The molecule has 0 N–H and O–H groups in total. The topological polar surface area (TPSA) is 38.7 Å². The lowest BCUT2D eigenvalue weighted by atomic mass is 10.2. The summed E-state index contributed by atoms with van der Waals surface area (Å²) in [6.07, 6.45) is 1.61. The molecular formula is C11H15NO2S. The molecule has 1 rings (SSSR count). The zero-order chi connectivity index (χ0) is 11.3. The molecule has 82 valence electrons. The molecule has 4 heteroatoms. The molecule has 1 atom stereocenters. The number of ether oxygens (including phenoxy) is 1. The zero-order valence-corrected chi connectivity index (χ0v) is 9.95. The molecule has 1 aromatic carbocycles. The van der Waals surface area contributed by atoms with Gasteiger partial charge in [0.1, 0.15) is 16.7 Å². The molecule has 0 aromatic heterocycles. The van der Waals surface area contributed by atoms with Crippen LogP contribution in [0.15, 0.2) is 28.7 Å². The van der Waals surface area contributed by atoms with E-state index >= 15 is 0 Å². The Bertz CT molecular complexity index is 375. The first-order valence-electron chi connectivity index (χ1n) is 4.72. The molecule has 0 amide bonds. The van der Waals surface area contributed by atoms with Gasteiger partial charge in [0.05, 0.1) is 12.4 Å². The first-order chi connectivity index (χ1) is 7.13. The predicted molar refractivity (Wildman–Crippen MR) is 63.9 cm³/mol. The second-order valence-electron chi connectivity index (χ2n) is 3.34. The van der Waals surface area contributed by atoms with Crippen molar-refractivity contribution >= 4 is 17.2 Å². The number of hydrogen-bond acceptors (Lipinski definition) is 2. The van der Waals surface area contributed by atoms with Gasteiger partial charge in [0, 0.05) is 6.21 Å². The molecule has 0 saturated heterocycles. The monoisotopic (exact) mass is 225 g/mol. The van der Waals surface area contributed by atoms with Gasteiger partial charge in [0.25, 0.3) is 0 Å². The highest BCUT2D eigenvalue weighted by atomic mass is 32.2. The molecule has 0 aliphatic rings. The van der Waals surface area contributed by atoms with Crippen molar-refractivity contribution in [1.29, 1.82) is 0 Å². The molecule has 1 aromatic rings. The van der Waals surface area contributed by atoms with Gasteiger partial charge in [-0.05, 0) is 31.5 Å². The van der Waals surface area contributed by atoms with Gasteiger partial charge in [-0.25, -0.2) is 4.21 Å². The van der Waals surface area contributed by atoms with E-state index in [0.29, 0.717) is 0 Å². The molecule has 0 aliphatic heterocycles. The van der Waals surface area contributed by atoms with Crippen LogP contribution in [0.2, 0.25) is 0 Å². The zero-order valence-electron chi connectivity index (χ0n) is 9.14. The van der Waals surface area contributed by atoms with Crippen LogP contribution in [0, 0.1) is 0 Å². The van der Waals surface area contributed by atoms with E-state index < -0.39 is 11.0 Å². The molecule has 0 spiro atoms. The third-order valence-corrected chi connectivity index (χ3v) is 2.92. The quantitative estimate of drug-likeness (QED) is 0.737. The van der Waals surface area contributed by atoms with Crippen LogP contribution in [0.25, 0.3) is 0 Å². The fourth-order valence-corrected chi connectivity index (χ4v) is 1.43. The maximum atomic E-state index is 11.4. The summed E-state index contributed by atoms with van der Waals surface area (Å²) in [5.74, 6) is 0.772. The van der Waals surface area contributed by atoms with Crippen molar-refractivity contribution in [3.8, 4) is 5.75 Å². The van der Waals surface area contributed by atoms with Crippen molar-refractivity contribution in [1.82, 2.24) is 0 Å². The summed E-state index contributed by atoms with van der Waals surface area (Å²) in [5, 5.41) is 0.0480. The van der Waals surface area contributed by atoms with Gasteiger partial charge in [0.15, 0.2) is 0 Å². The van der Waals surface area contributed by atoms with E-state index in [1.165, 1.54) is 0 Å². The number of nitrogens with zero attached hydrogens (tertiary/aromatic N) is 1. The fourth-order valence-electron chi connectivity index (χ4n) is 0.956. The van der Waals surface area contributed by atoms with Gasteiger partial charge in [-0.3, -0.25) is 0 Å². The van der Waals surface area contributed by atoms with Gasteiger partial charge < -0.3 is 4.74 Å². The summed E-state index contributed by atoms with van der Waals surface area (Å²) in [6, 6.07) is 7.47. The summed E-state index contributed by atoms with van der Waals surface area (Å²) in [6.45, 7) is 3.75. The van der Waals surface area contributed by atoms with Gasteiger partial charge >= 0.3 is 0 Å². The minimum Gasteiger partial charge on any atom is -0.497 e. The Hall–Kier alpha value is -1.16. The minimum atomic E-state index is -1.15. The highest BCUT2D eigenvalue weighted by Crippen LogP contribution is 2.11. The van der Waals surface area contributed by atoms with Crippen LogP contribution >= 0.6 is 0 Å². The Kier molecular flexibility index (Phi) is 4.49. The van der Waals surface area contributed by atoms with Crippen LogP contribution in [-0.4, -0.2) is 22.8 Å². The summed E-state index contributed by atoms with van der Waals surface area (Å²) < 4.78 is 20.4. The van der Waals surface area contributed by atoms with Crippen LogP contribution < -0.4 is 4.74 Å². The molecule has 3 nitrogen and oxygen atoms in total. The Morgan fingerprint density at radius 3 is 2.80 bits per heavy atom. The van der Waals surface area contributed by atoms with E-state index in [-0.39, 0.29) is 5.25 Å². The Morgan fingerprint density at radius 1 is 1.47 bits per heavy atom. The second kappa shape index (κ2) is 5.66. The van der Waals surface area contributed by atoms with Gasteiger partial charge in [-0.2, -0.15) is 4.40 Å². The van der Waals surface area contributed by atoms with E-state index in [1.807, 2.05) is 38.1 Å². The van der Waals surface area contributed by atoms with E-state index in [4.69, 9.17) is 4.74 Å². The third kappa shape index (κ3) is 3.83. The SMILES string of the molecule is COc1cccc(/C=N/[S@](=O)C(C)C)c1. The number of hydrogen-bond donors (Lipinski definition) is 0. The molecule has 0 bridgehead atoms. The van der Waals surface area contributed by atoms with Crippen molar-refractivity contribution in [3.63, 3.8) is 0 Å². The Balaban J connectivity index is 2.76. The fraction of sp³-hybridized carbons (Fsp3) is 0.364. The lowest BCUT2D eigenvalue weighted by Gasteiger charge is -2.00. The van der Waals surface area contributed by atoms with Gasteiger partial charge in [0.2, 0.25) is 0 Å². The summed E-state index contributed by atoms with van der Waals surface area (Å²) >= 11 is 0.